The lowest BCUT2D eigenvalue weighted by Gasteiger charge is -2.36. The number of piperidine rings is 1. The smallest absolute Gasteiger partial charge is 0.436 e. The van der Waals surface area contributed by atoms with Gasteiger partial charge in [0.15, 0.2) is 9.84 Å². The molecule has 0 N–H and O–H groups in total. The van der Waals surface area contributed by atoms with E-state index in [0.717, 1.165) is 35.0 Å². The lowest BCUT2D eigenvalue weighted by Crippen LogP contribution is -2.57. The molecule has 1 aliphatic heterocycles. The summed E-state index contributed by atoms with van der Waals surface area (Å²) in [6.45, 7) is 4.73. The number of thiazole rings is 1. The molecule has 0 bridgehead atoms. The molecule has 1 aromatic heterocycles. The third kappa shape index (κ3) is 6.04. The Kier molecular flexibility index (Phi) is 8.33. The minimum atomic E-state index is -3.69. The molecule has 1 aliphatic rings. The molecule has 2 aromatic carbocycles. The zero-order chi connectivity index (χ0) is 26.6. The molecule has 2 heterocycles. The molecule has 0 aliphatic carbocycles. The number of sulfone groups is 1. The van der Waals surface area contributed by atoms with Gasteiger partial charge in [-0.05, 0) is 65.6 Å². The van der Waals surface area contributed by atoms with Crippen LogP contribution < -0.4 is 9.28 Å². The Bertz CT molecular complexity index is 1520. The number of hydrogen-bond acceptors (Lipinski definition) is 6. The third-order valence-electron chi connectivity index (χ3n) is 6.51. The van der Waals surface area contributed by atoms with Crippen LogP contribution >= 0.6 is 22.9 Å². The molecular weight excluding hydrogens is 534 g/mol. The van der Waals surface area contributed by atoms with E-state index in [-0.39, 0.29) is 34.1 Å². The summed E-state index contributed by atoms with van der Waals surface area (Å²) in [6.07, 6.45) is 5.12. The summed E-state index contributed by atoms with van der Waals surface area (Å²) in [5.41, 5.74) is 0. The normalized spacial score (nSPS) is 16.0. The summed E-state index contributed by atoms with van der Waals surface area (Å²) in [5.74, 6) is -0.438. The highest BCUT2D eigenvalue weighted by molar-refractivity contribution is 7.91. The van der Waals surface area contributed by atoms with E-state index in [0.29, 0.717) is 22.9 Å². The van der Waals surface area contributed by atoms with Crippen molar-refractivity contribution in [2.75, 3.05) is 25.4 Å². The molecule has 196 valence electrons. The molecule has 0 saturated carbocycles. The molecule has 2 amide bonds. The van der Waals surface area contributed by atoms with Gasteiger partial charge < -0.3 is 9.30 Å². The number of aromatic nitrogens is 1. The predicted molar refractivity (Wildman–Crippen MR) is 146 cm³/mol. The minimum Gasteiger partial charge on any atom is -0.444 e. The minimum absolute atomic E-state index is 0.0570. The molecule has 0 unspecified atom stereocenters. The molecule has 0 atom stereocenters. The Hall–Kier alpha value is -2.79. The van der Waals surface area contributed by atoms with Crippen LogP contribution in [0.3, 0.4) is 0 Å². The quantitative estimate of drug-likeness (QED) is 0.298. The standard InChI is InChI=1S/C26H29ClN3O5S2/c1-3-14-35-26(32)28-25-29(2)18-24(36-25)30(12-5-4-6-13-30)23(31)11-15-37(33,34)22-10-8-19-16-21(27)9-7-20(19)17-22/h3,7-10,16-18H,1,4-6,11-15H2,2H3/q+1. The van der Waals surface area contributed by atoms with E-state index < -0.39 is 15.9 Å². The van der Waals surface area contributed by atoms with E-state index in [2.05, 4.69) is 11.6 Å². The van der Waals surface area contributed by atoms with Crippen molar-refractivity contribution in [3.8, 4) is 0 Å². The van der Waals surface area contributed by atoms with Crippen molar-refractivity contribution in [1.29, 1.82) is 0 Å². The molecule has 0 radical (unpaired) electrons. The predicted octanol–water partition coefficient (Wildman–Crippen LogP) is 5.00. The average molecular weight is 563 g/mol. The van der Waals surface area contributed by atoms with Gasteiger partial charge in [-0.2, -0.15) is 0 Å². The van der Waals surface area contributed by atoms with Gasteiger partial charge in [0.25, 0.3) is 0 Å². The van der Waals surface area contributed by atoms with Gasteiger partial charge in [0.1, 0.15) is 6.61 Å². The average Bonchev–Trinajstić information content (AvgIpc) is 3.26. The van der Waals surface area contributed by atoms with Gasteiger partial charge in [-0.1, -0.05) is 36.4 Å². The maximum Gasteiger partial charge on any atom is 0.436 e. The second-order valence-corrected chi connectivity index (χ2v) is 12.6. The van der Waals surface area contributed by atoms with Gasteiger partial charge in [0, 0.05) is 12.1 Å². The summed E-state index contributed by atoms with van der Waals surface area (Å²) in [4.78, 5) is 30.3. The first-order chi connectivity index (χ1) is 17.6. The summed E-state index contributed by atoms with van der Waals surface area (Å²) < 4.78 is 33.1. The number of nitrogens with zero attached hydrogens (tertiary/aromatic N) is 3. The van der Waals surface area contributed by atoms with E-state index in [1.807, 2.05) is 0 Å². The molecule has 3 aromatic rings. The summed E-state index contributed by atoms with van der Waals surface area (Å²) >= 11 is 7.28. The first-order valence-corrected chi connectivity index (χ1v) is 14.8. The number of carbonyl (C=O) groups is 2. The van der Waals surface area contributed by atoms with Crippen LogP contribution in [0.2, 0.25) is 5.02 Å². The van der Waals surface area contributed by atoms with Crippen LogP contribution in [-0.4, -0.2) is 50.4 Å². The van der Waals surface area contributed by atoms with Gasteiger partial charge in [0.2, 0.25) is 9.80 Å². The number of fused-ring (bicyclic) bond motifs is 1. The van der Waals surface area contributed by atoms with Crippen molar-refractivity contribution in [2.24, 2.45) is 12.0 Å². The zero-order valence-electron chi connectivity index (χ0n) is 20.6. The third-order valence-corrected chi connectivity index (χ3v) is 9.68. The van der Waals surface area contributed by atoms with Crippen LogP contribution in [0, 0.1) is 0 Å². The number of benzene rings is 2. The second kappa shape index (κ2) is 11.3. The SMILES string of the molecule is C=CCOC(=O)N=c1sc([N+]2(C(=O)CCS(=O)(=O)c3ccc4cc(Cl)ccc4c3)CCCCC2)cn1C. The van der Waals surface area contributed by atoms with Gasteiger partial charge in [0.05, 0.1) is 36.4 Å². The Labute approximate surface area is 225 Å². The molecule has 0 spiro atoms. The molecule has 1 fully saturated rings. The first kappa shape index (κ1) is 27.3. The topological polar surface area (TPSA) is 94.8 Å². The maximum absolute atomic E-state index is 13.7. The lowest BCUT2D eigenvalue weighted by atomic mass is 10.1. The molecule has 37 heavy (non-hydrogen) atoms. The number of likely N-dealkylation sites (tertiary alicyclic amines) is 1. The fourth-order valence-corrected chi connectivity index (χ4v) is 7.15. The molecular formula is C26H29ClN3O5S2+. The maximum atomic E-state index is 13.7. The molecule has 4 rings (SSSR count). The fourth-order valence-electron chi connectivity index (χ4n) is 4.54. The van der Waals surface area contributed by atoms with Crippen molar-refractivity contribution >= 4 is 60.5 Å². The fraction of sp³-hybridized carbons (Fsp3) is 0.346. The monoisotopic (exact) mass is 562 g/mol. The van der Waals surface area contributed by atoms with Gasteiger partial charge in [-0.3, -0.25) is 0 Å². The first-order valence-electron chi connectivity index (χ1n) is 12.0. The second-order valence-electron chi connectivity index (χ2n) is 9.03. The summed E-state index contributed by atoms with van der Waals surface area (Å²) in [5, 5.41) is 2.93. The van der Waals surface area contributed by atoms with E-state index in [1.165, 1.54) is 17.4 Å². The number of halogens is 1. The van der Waals surface area contributed by atoms with Crippen LogP contribution in [0.15, 0.2) is 65.1 Å². The van der Waals surface area contributed by atoms with Gasteiger partial charge >= 0.3 is 12.0 Å². The van der Waals surface area contributed by atoms with Crippen molar-refractivity contribution in [2.45, 2.75) is 30.6 Å². The molecule has 1 saturated heterocycles. The summed E-state index contributed by atoms with van der Waals surface area (Å²) in [7, 11) is -1.93. The largest absolute Gasteiger partial charge is 0.444 e. The van der Waals surface area contributed by atoms with Crippen LogP contribution in [0.25, 0.3) is 10.8 Å². The van der Waals surface area contributed by atoms with Crippen molar-refractivity contribution in [1.82, 2.24) is 9.05 Å². The van der Waals surface area contributed by atoms with Crippen LogP contribution in [-0.2, 0) is 26.4 Å². The number of amides is 2. The highest BCUT2D eigenvalue weighted by atomic mass is 35.5. The zero-order valence-corrected chi connectivity index (χ0v) is 22.9. The van der Waals surface area contributed by atoms with Crippen molar-refractivity contribution in [3.63, 3.8) is 0 Å². The highest BCUT2D eigenvalue weighted by Gasteiger charge is 2.42. The van der Waals surface area contributed by atoms with E-state index in [4.69, 9.17) is 16.3 Å². The lowest BCUT2D eigenvalue weighted by molar-refractivity contribution is -0.130. The summed E-state index contributed by atoms with van der Waals surface area (Å²) in [6, 6.07) is 10.2. The Morgan fingerprint density at radius 1 is 1.16 bits per heavy atom. The Morgan fingerprint density at radius 3 is 2.59 bits per heavy atom. The number of aryl methyl sites for hydroxylation is 1. The van der Waals surface area contributed by atoms with Crippen molar-refractivity contribution < 1.29 is 22.7 Å². The Balaban J connectivity index is 1.58. The van der Waals surface area contributed by atoms with Gasteiger partial charge in [-0.15, -0.1) is 4.99 Å². The van der Waals surface area contributed by atoms with Crippen LogP contribution in [0.4, 0.5) is 9.80 Å². The highest BCUT2D eigenvalue weighted by Crippen LogP contribution is 2.33. The number of rotatable bonds is 7. The number of carbonyl (C=O) groups excluding carboxylic acids is 2. The van der Waals surface area contributed by atoms with E-state index in [1.54, 1.807) is 54.2 Å². The van der Waals surface area contributed by atoms with E-state index >= 15 is 0 Å². The van der Waals surface area contributed by atoms with Gasteiger partial charge in [-0.25, -0.2) is 22.5 Å². The molecule has 11 heteroatoms. The number of quaternary nitrogens is 1. The number of ether oxygens (including phenoxy) is 1. The van der Waals surface area contributed by atoms with Crippen molar-refractivity contribution in [3.05, 3.63) is 65.1 Å². The van der Waals surface area contributed by atoms with E-state index in [9.17, 15) is 18.0 Å². The van der Waals surface area contributed by atoms with Crippen LogP contribution in [0.5, 0.6) is 0 Å². The Morgan fingerprint density at radius 2 is 1.86 bits per heavy atom. The number of hydrogen-bond donors (Lipinski definition) is 0. The van der Waals surface area contributed by atoms with Crippen LogP contribution in [0.1, 0.15) is 25.7 Å². The molecule has 8 nitrogen and oxygen atoms in total.